The molecule has 0 N–H and O–H groups in total. The summed E-state index contributed by atoms with van der Waals surface area (Å²) in [7, 11) is 0. The second kappa shape index (κ2) is 6.09. The molecule has 0 aliphatic carbocycles. The zero-order valence-corrected chi connectivity index (χ0v) is 7.32. The lowest BCUT2D eigenvalue weighted by Gasteiger charge is -2.01. The molecule has 0 unspecified atom stereocenters. The van der Waals surface area contributed by atoms with E-state index in [4.69, 9.17) is 0 Å². The highest BCUT2D eigenvalue weighted by Crippen LogP contribution is 2.21. The normalized spacial score (nSPS) is 12.7. The van der Waals surface area contributed by atoms with Gasteiger partial charge in [0.1, 0.15) is 0 Å². The van der Waals surface area contributed by atoms with E-state index in [2.05, 4.69) is 6.92 Å². The predicted molar refractivity (Wildman–Crippen MR) is 44.0 cm³/mol. The molecule has 0 aliphatic rings. The summed E-state index contributed by atoms with van der Waals surface area (Å²) in [4.78, 5) is 0. The summed E-state index contributed by atoms with van der Waals surface area (Å²) in [5.41, 5.74) is 0. The monoisotopic (exact) mass is 180 g/mol. The smallest absolute Gasteiger partial charge is 0.171 e. The number of rotatable bonds is 5. The Labute approximate surface area is 71.5 Å². The molecule has 0 aromatic rings. The third-order valence-corrected chi connectivity index (χ3v) is 1.49. The van der Waals surface area contributed by atoms with Gasteiger partial charge in [-0.05, 0) is 12.8 Å². The molecule has 0 bridgehead atoms. The van der Waals surface area contributed by atoms with Gasteiger partial charge in [0, 0.05) is 6.42 Å². The largest absolute Gasteiger partial charge is 0.389 e. The van der Waals surface area contributed by atoms with E-state index >= 15 is 0 Å². The third kappa shape index (κ3) is 9.53. The van der Waals surface area contributed by atoms with Crippen LogP contribution in [-0.4, -0.2) is 6.18 Å². The molecule has 12 heavy (non-hydrogen) atoms. The fourth-order valence-electron chi connectivity index (χ4n) is 0.805. The molecule has 0 aromatic carbocycles. The first-order chi connectivity index (χ1) is 5.56. The molecule has 0 nitrogen and oxygen atoms in total. The van der Waals surface area contributed by atoms with Crippen molar-refractivity contribution in [3.8, 4) is 0 Å². The molecule has 0 saturated carbocycles. The molecule has 0 aliphatic heterocycles. The van der Waals surface area contributed by atoms with Crippen LogP contribution in [0.5, 0.6) is 0 Å². The van der Waals surface area contributed by atoms with Gasteiger partial charge >= 0.3 is 6.18 Å². The van der Waals surface area contributed by atoms with Crippen LogP contribution in [0.1, 0.15) is 39.0 Å². The lowest BCUT2D eigenvalue weighted by atomic mass is 10.2. The van der Waals surface area contributed by atoms with Gasteiger partial charge in [0.15, 0.2) is 0 Å². The molecule has 3 heteroatoms. The average molecular weight is 180 g/mol. The lowest BCUT2D eigenvalue weighted by molar-refractivity contribution is -0.133. The van der Waals surface area contributed by atoms with Crippen LogP contribution in [0.3, 0.4) is 0 Å². The van der Waals surface area contributed by atoms with Crippen LogP contribution in [0, 0.1) is 0 Å². The summed E-state index contributed by atoms with van der Waals surface area (Å²) < 4.78 is 34.8. The SMILES string of the molecule is CCCC/C=C/CCC(F)(F)F. The van der Waals surface area contributed by atoms with Crippen molar-refractivity contribution in [1.29, 1.82) is 0 Å². The van der Waals surface area contributed by atoms with Crippen molar-refractivity contribution < 1.29 is 13.2 Å². The van der Waals surface area contributed by atoms with Crippen LogP contribution >= 0.6 is 0 Å². The molecule has 0 aromatic heterocycles. The Morgan fingerprint density at radius 3 is 2.17 bits per heavy atom. The van der Waals surface area contributed by atoms with Crippen molar-refractivity contribution in [3.05, 3.63) is 12.2 Å². The van der Waals surface area contributed by atoms with Gasteiger partial charge in [-0.25, -0.2) is 0 Å². The Morgan fingerprint density at radius 2 is 1.67 bits per heavy atom. The van der Waals surface area contributed by atoms with E-state index < -0.39 is 12.6 Å². The maximum atomic E-state index is 11.6. The summed E-state index contributed by atoms with van der Waals surface area (Å²) in [6.07, 6.45) is 1.90. The first-order valence-electron chi connectivity index (χ1n) is 4.28. The number of unbranched alkanes of at least 4 members (excludes halogenated alkanes) is 2. The van der Waals surface area contributed by atoms with Gasteiger partial charge in [-0.15, -0.1) is 0 Å². The van der Waals surface area contributed by atoms with Gasteiger partial charge in [0.2, 0.25) is 0 Å². The van der Waals surface area contributed by atoms with E-state index in [-0.39, 0.29) is 6.42 Å². The summed E-state index contributed by atoms with van der Waals surface area (Å²) in [5.74, 6) is 0. The first kappa shape index (κ1) is 11.5. The third-order valence-electron chi connectivity index (χ3n) is 1.49. The number of hydrogen-bond acceptors (Lipinski definition) is 0. The molecule has 0 heterocycles. The van der Waals surface area contributed by atoms with Crippen LogP contribution in [-0.2, 0) is 0 Å². The van der Waals surface area contributed by atoms with E-state index in [0.29, 0.717) is 0 Å². The van der Waals surface area contributed by atoms with E-state index in [1.165, 1.54) is 0 Å². The van der Waals surface area contributed by atoms with Gasteiger partial charge < -0.3 is 0 Å². The highest BCUT2D eigenvalue weighted by atomic mass is 19.4. The minimum atomic E-state index is -4.00. The standard InChI is InChI=1S/C9H15F3/c1-2-3-4-5-6-7-8-9(10,11)12/h5-6H,2-4,7-8H2,1H3/b6-5+. The molecule has 72 valence electrons. The highest BCUT2D eigenvalue weighted by Gasteiger charge is 2.25. The maximum Gasteiger partial charge on any atom is 0.389 e. The summed E-state index contributed by atoms with van der Waals surface area (Å²) in [6, 6.07) is 0. The van der Waals surface area contributed by atoms with Crippen LogP contribution in [0.15, 0.2) is 12.2 Å². The molecular formula is C9H15F3. The van der Waals surface area contributed by atoms with Crippen LogP contribution in [0.2, 0.25) is 0 Å². The highest BCUT2D eigenvalue weighted by molar-refractivity contribution is 4.81. The van der Waals surface area contributed by atoms with Gasteiger partial charge in [-0.3, -0.25) is 0 Å². The minimum Gasteiger partial charge on any atom is -0.171 e. The van der Waals surface area contributed by atoms with Crippen molar-refractivity contribution in [2.24, 2.45) is 0 Å². The Balaban J connectivity index is 3.25. The fraction of sp³-hybridized carbons (Fsp3) is 0.778. The predicted octanol–water partition coefficient (Wildman–Crippen LogP) is 4.08. The molecule has 0 amide bonds. The Hall–Kier alpha value is -0.470. The van der Waals surface area contributed by atoms with Gasteiger partial charge in [-0.1, -0.05) is 31.9 Å². The van der Waals surface area contributed by atoms with Crippen LogP contribution in [0.4, 0.5) is 13.2 Å². The van der Waals surface area contributed by atoms with Gasteiger partial charge in [-0.2, -0.15) is 13.2 Å². The molecule has 0 rings (SSSR count). The Bertz CT molecular complexity index is 124. The summed E-state index contributed by atoms with van der Waals surface area (Å²) >= 11 is 0. The van der Waals surface area contributed by atoms with Crippen molar-refractivity contribution >= 4 is 0 Å². The van der Waals surface area contributed by atoms with E-state index in [0.717, 1.165) is 19.3 Å². The number of hydrogen-bond donors (Lipinski definition) is 0. The Morgan fingerprint density at radius 1 is 1.08 bits per heavy atom. The number of allylic oxidation sites excluding steroid dienone is 2. The second-order valence-corrected chi connectivity index (χ2v) is 2.77. The number of halogens is 3. The average Bonchev–Trinajstić information content (AvgIpc) is 1.94. The molecule has 0 spiro atoms. The van der Waals surface area contributed by atoms with Crippen LogP contribution < -0.4 is 0 Å². The van der Waals surface area contributed by atoms with Crippen molar-refractivity contribution in [3.63, 3.8) is 0 Å². The second-order valence-electron chi connectivity index (χ2n) is 2.77. The maximum absolute atomic E-state index is 11.6. The molecular weight excluding hydrogens is 165 g/mol. The van der Waals surface area contributed by atoms with Crippen molar-refractivity contribution in [1.82, 2.24) is 0 Å². The molecule has 0 radical (unpaired) electrons. The molecule has 0 saturated heterocycles. The quantitative estimate of drug-likeness (QED) is 0.442. The van der Waals surface area contributed by atoms with E-state index in [1.54, 1.807) is 6.08 Å². The summed E-state index contributed by atoms with van der Waals surface area (Å²) in [5, 5.41) is 0. The zero-order chi connectivity index (χ0) is 9.45. The lowest BCUT2D eigenvalue weighted by Crippen LogP contribution is -2.05. The molecule has 0 fully saturated rings. The topological polar surface area (TPSA) is 0 Å². The fourth-order valence-corrected chi connectivity index (χ4v) is 0.805. The van der Waals surface area contributed by atoms with Crippen LogP contribution in [0.25, 0.3) is 0 Å². The minimum absolute atomic E-state index is 0.118. The van der Waals surface area contributed by atoms with Gasteiger partial charge in [0.05, 0.1) is 0 Å². The summed E-state index contributed by atoms with van der Waals surface area (Å²) in [6.45, 7) is 2.06. The van der Waals surface area contributed by atoms with Crippen molar-refractivity contribution in [2.45, 2.75) is 45.2 Å². The Kier molecular flexibility index (Phi) is 5.85. The molecule has 0 atom stereocenters. The first-order valence-corrected chi connectivity index (χ1v) is 4.28. The van der Waals surface area contributed by atoms with Crippen molar-refractivity contribution in [2.75, 3.05) is 0 Å². The number of alkyl halides is 3. The zero-order valence-electron chi connectivity index (χ0n) is 7.32. The van der Waals surface area contributed by atoms with E-state index in [9.17, 15) is 13.2 Å². The van der Waals surface area contributed by atoms with E-state index in [1.807, 2.05) is 6.08 Å². The van der Waals surface area contributed by atoms with Gasteiger partial charge in [0.25, 0.3) is 0 Å².